The van der Waals surface area contributed by atoms with E-state index in [1.54, 1.807) is 49.4 Å². The average molecular weight is 416 g/mol. The second-order valence-corrected chi connectivity index (χ2v) is 8.82. The first-order chi connectivity index (χ1) is 13.8. The number of carbonyl (C=O) groups excluding carboxylic acids is 2. The zero-order valence-electron chi connectivity index (χ0n) is 16.5. The molecule has 2 aromatic carbocycles. The van der Waals surface area contributed by atoms with Gasteiger partial charge in [-0.2, -0.15) is 0 Å². The lowest BCUT2D eigenvalue weighted by Crippen LogP contribution is -2.34. The summed E-state index contributed by atoms with van der Waals surface area (Å²) in [5.41, 5.74) is 3.36. The summed E-state index contributed by atoms with van der Waals surface area (Å²) in [5, 5.41) is 2.83. The largest absolute Gasteiger partial charge is 0.466 e. The number of carbonyl (C=O) groups is 2. The minimum Gasteiger partial charge on any atom is -0.466 e. The predicted molar refractivity (Wildman–Crippen MR) is 112 cm³/mol. The quantitative estimate of drug-likeness (QED) is 0.731. The number of fused-ring (bicyclic) bond motifs is 1. The molecule has 1 amide bonds. The van der Waals surface area contributed by atoms with Gasteiger partial charge < -0.3 is 10.1 Å². The Hall–Kier alpha value is -2.87. The molecule has 0 atom stereocenters. The molecule has 7 nitrogen and oxygen atoms in total. The van der Waals surface area contributed by atoms with Crippen molar-refractivity contribution in [1.82, 2.24) is 0 Å². The third-order valence-corrected chi connectivity index (χ3v) is 5.86. The van der Waals surface area contributed by atoms with Gasteiger partial charge in [-0.3, -0.25) is 13.9 Å². The van der Waals surface area contributed by atoms with Crippen molar-refractivity contribution in [1.29, 1.82) is 0 Å². The Balaban J connectivity index is 1.71. The van der Waals surface area contributed by atoms with E-state index in [2.05, 4.69) is 5.32 Å². The van der Waals surface area contributed by atoms with Crippen molar-refractivity contribution < 1.29 is 22.7 Å². The molecule has 1 aliphatic rings. The summed E-state index contributed by atoms with van der Waals surface area (Å²) in [6.07, 6.45) is 2.82. The van der Waals surface area contributed by atoms with E-state index < -0.39 is 10.0 Å². The summed E-state index contributed by atoms with van der Waals surface area (Å²) in [5.74, 6) is -0.566. The van der Waals surface area contributed by atoms with Gasteiger partial charge in [-0.1, -0.05) is 12.1 Å². The van der Waals surface area contributed by atoms with Crippen molar-refractivity contribution in [3.8, 4) is 0 Å². The van der Waals surface area contributed by atoms with Gasteiger partial charge in [0.25, 0.3) is 5.91 Å². The van der Waals surface area contributed by atoms with E-state index in [4.69, 9.17) is 4.74 Å². The van der Waals surface area contributed by atoms with Crippen LogP contribution in [-0.2, 0) is 32.4 Å². The van der Waals surface area contributed by atoms with Crippen LogP contribution < -0.4 is 9.62 Å². The Kier molecular flexibility index (Phi) is 6.22. The van der Waals surface area contributed by atoms with Crippen molar-refractivity contribution in [3.63, 3.8) is 0 Å². The molecule has 1 aliphatic heterocycles. The molecule has 8 heteroatoms. The number of amides is 1. The Labute approximate surface area is 170 Å². The van der Waals surface area contributed by atoms with Crippen molar-refractivity contribution in [2.24, 2.45) is 0 Å². The highest BCUT2D eigenvalue weighted by atomic mass is 32.2. The Morgan fingerprint density at radius 2 is 1.86 bits per heavy atom. The Morgan fingerprint density at radius 1 is 1.14 bits per heavy atom. The predicted octanol–water partition coefficient (Wildman–Crippen LogP) is 2.76. The van der Waals surface area contributed by atoms with Crippen LogP contribution in [0.3, 0.4) is 0 Å². The third kappa shape index (κ3) is 5.14. The van der Waals surface area contributed by atoms with Crippen LogP contribution in [0.2, 0.25) is 0 Å². The van der Waals surface area contributed by atoms with Crippen LogP contribution in [0.1, 0.15) is 34.8 Å². The fourth-order valence-corrected chi connectivity index (χ4v) is 4.33. The van der Waals surface area contributed by atoms with Gasteiger partial charge in [0.2, 0.25) is 10.0 Å². The molecule has 0 spiro atoms. The molecule has 0 saturated carbocycles. The summed E-state index contributed by atoms with van der Waals surface area (Å²) in [6, 6.07) is 12.1. The Morgan fingerprint density at radius 3 is 2.52 bits per heavy atom. The molecule has 0 aliphatic carbocycles. The molecule has 0 unspecified atom stereocenters. The summed E-state index contributed by atoms with van der Waals surface area (Å²) >= 11 is 0. The number of anilines is 2. The number of nitrogens with one attached hydrogen (secondary N) is 1. The molecule has 2 aromatic rings. The molecule has 0 radical (unpaired) electrons. The molecular formula is C21H24N2O5S. The van der Waals surface area contributed by atoms with Crippen LogP contribution >= 0.6 is 0 Å². The summed E-state index contributed by atoms with van der Waals surface area (Å²) < 4.78 is 30.2. The molecule has 0 bridgehead atoms. The van der Waals surface area contributed by atoms with E-state index in [0.29, 0.717) is 36.5 Å². The minimum absolute atomic E-state index is 0.184. The standard InChI is InChI=1S/C21H24N2O5S/c1-3-28-20(24)13-15-6-9-18(10-7-15)22-21(25)17-8-11-19-16(14-17)5-4-12-23(19)29(2,26)27/h6-11,14H,3-5,12-13H2,1-2H3,(H,22,25). The van der Waals surface area contributed by atoms with Gasteiger partial charge in [-0.05, 0) is 61.2 Å². The van der Waals surface area contributed by atoms with E-state index in [0.717, 1.165) is 17.5 Å². The lowest BCUT2D eigenvalue weighted by Gasteiger charge is -2.29. The molecule has 1 N–H and O–H groups in total. The maximum atomic E-state index is 12.6. The molecule has 0 aromatic heterocycles. The first kappa shape index (κ1) is 20.9. The number of hydrogen-bond acceptors (Lipinski definition) is 5. The fourth-order valence-electron chi connectivity index (χ4n) is 3.34. The number of sulfonamides is 1. The number of hydrogen-bond donors (Lipinski definition) is 1. The maximum Gasteiger partial charge on any atom is 0.310 e. The van der Waals surface area contributed by atoms with E-state index in [1.807, 2.05) is 0 Å². The number of benzene rings is 2. The smallest absolute Gasteiger partial charge is 0.310 e. The molecule has 0 saturated heterocycles. The first-order valence-electron chi connectivity index (χ1n) is 9.44. The highest BCUT2D eigenvalue weighted by molar-refractivity contribution is 7.92. The Bertz CT molecular complexity index is 1020. The van der Waals surface area contributed by atoms with Crippen LogP contribution in [0.15, 0.2) is 42.5 Å². The first-order valence-corrected chi connectivity index (χ1v) is 11.3. The summed E-state index contributed by atoms with van der Waals surface area (Å²) in [7, 11) is -3.34. The van der Waals surface area contributed by atoms with Gasteiger partial charge >= 0.3 is 5.97 Å². The monoisotopic (exact) mass is 416 g/mol. The number of ether oxygens (including phenoxy) is 1. The summed E-state index contributed by atoms with van der Waals surface area (Å²) in [6.45, 7) is 2.56. The minimum atomic E-state index is -3.34. The number of esters is 1. The van der Waals surface area contributed by atoms with Crippen LogP contribution in [0, 0.1) is 0 Å². The van der Waals surface area contributed by atoms with Gasteiger partial charge in [-0.15, -0.1) is 0 Å². The molecule has 0 fully saturated rings. The van der Waals surface area contributed by atoms with Crippen molar-refractivity contribution in [2.45, 2.75) is 26.2 Å². The van der Waals surface area contributed by atoms with Crippen LogP contribution in [0.5, 0.6) is 0 Å². The average Bonchev–Trinajstić information content (AvgIpc) is 2.68. The highest BCUT2D eigenvalue weighted by Gasteiger charge is 2.24. The topological polar surface area (TPSA) is 92.8 Å². The number of nitrogens with zero attached hydrogens (tertiary/aromatic N) is 1. The van der Waals surface area contributed by atoms with Crippen LogP contribution in [0.4, 0.5) is 11.4 Å². The number of rotatable bonds is 6. The highest BCUT2D eigenvalue weighted by Crippen LogP contribution is 2.30. The number of aryl methyl sites for hydroxylation is 1. The van der Waals surface area contributed by atoms with Crippen LogP contribution in [0.25, 0.3) is 0 Å². The van der Waals surface area contributed by atoms with Gasteiger partial charge in [0.05, 0.1) is 25.0 Å². The van der Waals surface area contributed by atoms with Crippen molar-refractivity contribution in [3.05, 3.63) is 59.2 Å². The van der Waals surface area contributed by atoms with E-state index in [-0.39, 0.29) is 18.3 Å². The molecular weight excluding hydrogens is 392 g/mol. The van der Waals surface area contributed by atoms with Gasteiger partial charge in [0.15, 0.2) is 0 Å². The van der Waals surface area contributed by atoms with Crippen molar-refractivity contribution >= 4 is 33.3 Å². The normalized spacial score (nSPS) is 13.5. The summed E-state index contributed by atoms with van der Waals surface area (Å²) in [4.78, 5) is 24.1. The second-order valence-electron chi connectivity index (χ2n) is 6.92. The molecule has 1 heterocycles. The van der Waals surface area contributed by atoms with Gasteiger partial charge in [0, 0.05) is 17.8 Å². The van der Waals surface area contributed by atoms with Crippen LogP contribution in [-0.4, -0.2) is 39.7 Å². The molecule has 29 heavy (non-hydrogen) atoms. The van der Waals surface area contributed by atoms with Crippen molar-refractivity contribution in [2.75, 3.05) is 29.0 Å². The molecule has 154 valence electrons. The van der Waals surface area contributed by atoms with Gasteiger partial charge in [-0.25, -0.2) is 8.42 Å². The zero-order valence-corrected chi connectivity index (χ0v) is 17.3. The zero-order chi connectivity index (χ0) is 21.0. The van der Waals surface area contributed by atoms with E-state index in [9.17, 15) is 18.0 Å². The second kappa shape index (κ2) is 8.65. The molecule has 3 rings (SSSR count). The maximum absolute atomic E-state index is 12.6. The third-order valence-electron chi connectivity index (χ3n) is 4.68. The lowest BCUT2D eigenvalue weighted by molar-refractivity contribution is -0.142. The fraction of sp³-hybridized carbons (Fsp3) is 0.333. The van der Waals surface area contributed by atoms with Gasteiger partial charge in [0.1, 0.15) is 0 Å². The van der Waals surface area contributed by atoms with E-state index in [1.165, 1.54) is 10.6 Å². The lowest BCUT2D eigenvalue weighted by atomic mass is 10.0. The van der Waals surface area contributed by atoms with E-state index >= 15 is 0 Å². The SMILES string of the molecule is CCOC(=O)Cc1ccc(NC(=O)c2ccc3c(c2)CCCN3S(C)(=O)=O)cc1.